The Morgan fingerprint density at radius 1 is 1.21 bits per heavy atom. The van der Waals surface area contributed by atoms with Crippen molar-refractivity contribution in [3.63, 3.8) is 0 Å². The first-order chi connectivity index (χ1) is 22.5. The fraction of sp³-hybridized carbons (Fsp3) is 0.375. The predicted molar refractivity (Wildman–Crippen MR) is 162 cm³/mol. The molecular weight excluding hydrogens is 640 g/mol. The van der Waals surface area contributed by atoms with Crippen molar-refractivity contribution in [2.75, 3.05) is 38.6 Å². The predicted octanol–water partition coefficient (Wildman–Crippen LogP) is 3.66. The van der Waals surface area contributed by atoms with Gasteiger partial charge in [-0.1, -0.05) is 32.0 Å². The number of fused-ring (bicyclic) bond motifs is 4. The molecule has 2 fully saturated rings. The summed E-state index contributed by atoms with van der Waals surface area (Å²) >= 11 is 1.39. The van der Waals surface area contributed by atoms with E-state index in [4.69, 9.17) is 23.7 Å². The molecule has 12 nitrogen and oxygen atoms in total. The number of thioether (sulfide) groups is 1. The van der Waals surface area contributed by atoms with Gasteiger partial charge < -0.3 is 28.8 Å². The highest BCUT2D eigenvalue weighted by atomic mass is 32.2. The molecule has 3 aromatic rings. The molecule has 1 aromatic heterocycles. The molecular formula is C32H30F2N3O9S+. The summed E-state index contributed by atoms with van der Waals surface area (Å²) in [5.74, 6) is -3.30. The van der Waals surface area contributed by atoms with Gasteiger partial charge in [-0.25, -0.2) is 23.0 Å². The average Bonchev–Trinajstić information content (AvgIpc) is 3.19. The Balaban J connectivity index is 1.28. The maximum Gasteiger partial charge on any atom is 0.512 e. The number of nitrogens with one attached hydrogen (secondary N) is 1. The van der Waals surface area contributed by atoms with E-state index in [9.17, 15) is 19.5 Å². The number of aliphatic hydroxyl groups excluding tert-OH is 1. The minimum atomic E-state index is -1.23. The van der Waals surface area contributed by atoms with E-state index in [1.165, 1.54) is 22.5 Å². The molecule has 4 aliphatic rings. The highest BCUT2D eigenvalue weighted by Crippen LogP contribution is 2.40. The molecule has 0 bridgehead atoms. The van der Waals surface area contributed by atoms with E-state index in [0.29, 0.717) is 12.2 Å². The van der Waals surface area contributed by atoms with Crippen LogP contribution in [0.2, 0.25) is 0 Å². The number of aliphatic hydroxyl groups is 1. The number of ether oxygens (including phenoxy) is 5. The first kappa shape index (κ1) is 31.0. The molecule has 0 aliphatic carbocycles. The van der Waals surface area contributed by atoms with Crippen LogP contribution in [-0.4, -0.2) is 77.8 Å². The van der Waals surface area contributed by atoms with Crippen LogP contribution < -0.4 is 15.6 Å². The number of esters is 1. The Morgan fingerprint density at radius 2 is 2.02 bits per heavy atom. The molecule has 0 spiro atoms. The number of hydrogen-bond acceptors (Lipinski definition) is 10. The van der Waals surface area contributed by atoms with Gasteiger partial charge in [-0.2, -0.15) is 4.58 Å². The fourth-order valence-corrected chi connectivity index (χ4v) is 7.25. The van der Waals surface area contributed by atoms with Crippen molar-refractivity contribution < 1.29 is 51.7 Å². The summed E-state index contributed by atoms with van der Waals surface area (Å²) in [5.41, 5.74) is 3.57. The summed E-state index contributed by atoms with van der Waals surface area (Å²) in [4.78, 5) is 39.1. The van der Waals surface area contributed by atoms with E-state index >= 15 is 8.78 Å². The number of hydrogen-bond donors (Lipinski definition) is 2. The van der Waals surface area contributed by atoms with Gasteiger partial charge in [0.2, 0.25) is 29.8 Å². The number of aromatic nitrogens is 1. The molecule has 246 valence electrons. The Hall–Kier alpha value is -4.63. The summed E-state index contributed by atoms with van der Waals surface area (Å²) in [6.45, 7) is 3.37. The summed E-state index contributed by atoms with van der Waals surface area (Å²) in [5, 5.41) is 11.5. The summed E-state index contributed by atoms with van der Waals surface area (Å²) < 4.78 is 59.9. The number of nitrogens with zero attached hydrogens (tertiary/aromatic N) is 2. The van der Waals surface area contributed by atoms with Crippen LogP contribution in [0.1, 0.15) is 36.2 Å². The minimum absolute atomic E-state index is 0.0622. The number of rotatable bonds is 5. The maximum absolute atomic E-state index is 15.3. The van der Waals surface area contributed by atoms with Crippen LogP contribution >= 0.6 is 11.8 Å². The van der Waals surface area contributed by atoms with Gasteiger partial charge in [-0.3, -0.25) is 10.2 Å². The number of halogens is 2. The first-order valence-electron chi connectivity index (χ1n) is 14.8. The molecule has 1 unspecified atom stereocenters. The number of morpholine rings is 1. The molecule has 2 aromatic carbocycles. The third-order valence-electron chi connectivity index (χ3n) is 8.59. The van der Waals surface area contributed by atoms with Crippen LogP contribution in [0.4, 0.5) is 13.6 Å². The third-order valence-corrected chi connectivity index (χ3v) is 9.73. The number of carbonyl (C=O) groups is 2. The van der Waals surface area contributed by atoms with Crippen molar-refractivity contribution >= 4 is 29.8 Å². The van der Waals surface area contributed by atoms with Crippen LogP contribution in [0.15, 0.2) is 46.1 Å². The Kier molecular flexibility index (Phi) is 7.83. The van der Waals surface area contributed by atoms with Crippen LogP contribution in [0.5, 0.6) is 5.75 Å². The van der Waals surface area contributed by atoms with Crippen molar-refractivity contribution in [3.8, 4) is 17.0 Å². The standard InChI is InChI=1S/C32H29F2N3O9S/c1-32(2)14-43-30(40)28(32)46-31(41)45-15-44-27-22(38)11-21(37-26(27)29(39)36-7-8-42-12-24(36)35-37)18-10-20(33)25(34)19-13-47-23-6-4-3-5-16(23)9-17(18)19/h3-6,10-11,24,28,35H,7-9,12-15H2,1-2H3/p+1/t24?,28-/m1/s1. The van der Waals surface area contributed by atoms with E-state index in [-0.39, 0.29) is 66.1 Å². The molecule has 7 rings (SSSR count). The van der Waals surface area contributed by atoms with Crippen molar-refractivity contribution in [1.82, 2.24) is 4.68 Å². The van der Waals surface area contributed by atoms with Gasteiger partial charge in [0.25, 0.3) is 6.17 Å². The monoisotopic (exact) mass is 670 g/mol. The zero-order valence-corrected chi connectivity index (χ0v) is 26.2. The largest absolute Gasteiger partial charge is 0.512 e. The molecule has 5 heterocycles. The zero-order chi connectivity index (χ0) is 33.0. The van der Waals surface area contributed by atoms with Gasteiger partial charge in [-0.05, 0) is 29.7 Å². The Bertz CT molecular complexity index is 1910. The summed E-state index contributed by atoms with van der Waals surface area (Å²) in [7, 11) is 0. The second kappa shape index (κ2) is 11.9. The second-order valence-corrected chi connectivity index (χ2v) is 13.2. The molecule has 2 atom stereocenters. The molecule has 0 radical (unpaired) electrons. The number of carbonyl (C=O) groups excluding carboxylic acids is 2. The van der Waals surface area contributed by atoms with E-state index in [1.807, 2.05) is 24.3 Å². The van der Waals surface area contributed by atoms with E-state index in [1.54, 1.807) is 18.4 Å². The number of pyridine rings is 1. The van der Waals surface area contributed by atoms with E-state index in [0.717, 1.165) is 16.5 Å². The maximum atomic E-state index is 15.3. The lowest BCUT2D eigenvalue weighted by Gasteiger charge is -2.31. The topological polar surface area (TPSA) is 138 Å². The fourth-order valence-electron chi connectivity index (χ4n) is 6.15. The van der Waals surface area contributed by atoms with Crippen LogP contribution in [0.25, 0.3) is 11.3 Å². The van der Waals surface area contributed by atoms with Crippen molar-refractivity contribution in [2.24, 2.45) is 5.41 Å². The molecule has 0 saturated carbocycles. The summed E-state index contributed by atoms with van der Waals surface area (Å²) in [6.07, 6.45) is -2.73. The SMILES string of the molecule is CC1(C)COC(=O)[C@H]1OC(=O)OCOc1c2n(c(-c3cc(F)c(F)c4c3Cc3ccccc3SC4)cc1=O)NC1COCC[N+]1=C2O. The smallest absolute Gasteiger partial charge is 0.462 e. The zero-order valence-electron chi connectivity index (χ0n) is 25.3. The molecule has 47 heavy (non-hydrogen) atoms. The Labute approximate surface area is 270 Å². The van der Waals surface area contributed by atoms with Crippen molar-refractivity contribution in [3.05, 3.63) is 80.6 Å². The molecule has 2 saturated heterocycles. The van der Waals surface area contributed by atoms with Gasteiger partial charge >= 0.3 is 18.0 Å². The lowest BCUT2D eigenvalue weighted by Crippen LogP contribution is -2.54. The van der Waals surface area contributed by atoms with Gasteiger partial charge in [0.1, 0.15) is 19.8 Å². The molecule has 0 amide bonds. The van der Waals surface area contributed by atoms with Crippen molar-refractivity contribution in [2.45, 2.75) is 43.2 Å². The van der Waals surface area contributed by atoms with Crippen molar-refractivity contribution in [1.29, 1.82) is 0 Å². The summed E-state index contributed by atoms with van der Waals surface area (Å²) in [6, 6.07) is 9.81. The van der Waals surface area contributed by atoms with E-state index in [2.05, 4.69) is 5.43 Å². The lowest BCUT2D eigenvalue weighted by atomic mass is 9.90. The quantitative estimate of drug-likeness (QED) is 0.234. The lowest BCUT2D eigenvalue weighted by molar-refractivity contribution is -0.591. The minimum Gasteiger partial charge on any atom is -0.462 e. The van der Waals surface area contributed by atoms with Crippen LogP contribution in [0.3, 0.4) is 0 Å². The van der Waals surface area contributed by atoms with E-state index < -0.39 is 53.7 Å². The second-order valence-electron chi connectivity index (χ2n) is 12.1. The van der Waals surface area contributed by atoms with Gasteiger partial charge in [0, 0.05) is 33.3 Å². The van der Waals surface area contributed by atoms with Gasteiger partial charge in [0.15, 0.2) is 18.2 Å². The molecule has 4 aliphatic heterocycles. The van der Waals surface area contributed by atoms with Gasteiger partial charge in [-0.15, -0.1) is 11.8 Å². The Morgan fingerprint density at radius 3 is 2.81 bits per heavy atom. The highest BCUT2D eigenvalue weighted by molar-refractivity contribution is 7.98. The van der Waals surface area contributed by atoms with Crippen LogP contribution in [0, 0.1) is 17.0 Å². The third kappa shape index (κ3) is 5.46. The number of cyclic esters (lactones) is 1. The molecule has 2 N–H and O–H groups in total. The average molecular weight is 671 g/mol. The van der Waals surface area contributed by atoms with Crippen LogP contribution in [-0.2, 0) is 35.9 Å². The number of benzene rings is 2. The normalized spacial score (nSPS) is 20.9. The molecule has 15 heteroatoms. The first-order valence-corrected chi connectivity index (χ1v) is 15.8. The highest BCUT2D eigenvalue weighted by Gasteiger charge is 2.47. The van der Waals surface area contributed by atoms with Gasteiger partial charge in [0.05, 0.1) is 5.69 Å².